The number of carbonyl (C=O) groups excluding carboxylic acids is 1. The number of amides is 1. The Morgan fingerprint density at radius 1 is 1.16 bits per heavy atom. The van der Waals surface area contributed by atoms with E-state index in [9.17, 15) is 4.79 Å². The minimum atomic E-state index is 0.0470. The molecule has 0 bridgehead atoms. The lowest BCUT2D eigenvalue weighted by molar-refractivity contribution is 0.0605. The van der Waals surface area contributed by atoms with Crippen LogP contribution >= 0.6 is 0 Å². The molecule has 1 saturated heterocycles. The van der Waals surface area contributed by atoms with Crippen LogP contribution in [-0.2, 0) is 6.54 Å². The van der Waals surface area contributed by atoms with Gasteiger partial charge in [-0.15, -0.1) is 0 Å². The second-order valence-corrected chi connectivity index (χ2v) is 7.15. The summed E-state index contributed by atoms with van der Waals surface area (Å²) in [5.41, 5.74) is 3.95. The molecule has 1 fully saturated rings. The topological polar surface area (TPSA) is 36.4 Å². The zero-order valence-corrected chi connectivity index (χ0v) is 15.4. The highest BCUT2D eigenvalue weighted by atomic mass is 16.2. The maximum atomic E-state index is 13.0. The Labute approximate surface area is 150 Å². The molecule has 0 aliphatic carbocycles. The maximum absolute atomic E-state index is 13.0. The van der Waals surface area contributed by atoms with E-state index < -0.39 is 0 Å². The molecule has 2 heterocycles. The number of nitrogens with zero attached hydrogens (tertiary/aromatic N) is 3. The minimum Gasteiger partial charge on any atom is -0.330 e. The molecule has 1 aliphatic heterocycles. The summed E-state index contributed by atoms with van der Waals surface area (Å²) >= 11 is 0. The predicted molar refractivity (Wildman–Crippen MR) is 100 cm³/mol. The number of likely N-dealkylation sites (tertiary alicyclic amines) is 1. The van der Waals surface area contributed by atoms with Crippen molar-refractivity contribution in [2.75, 3.05) is 20.6 Å². The van der Waals surface area contributed by atoms with Gasteiger partial charge in [0.2, 0.25) is 0 Å². The van der Waals surface area contributed by atoms with Gasteiger partial charge in [0.25, 0.3) is 5.91 Å². The Balaban J connectivity index is 1.82. The Kier molecular flexibility index (Phi) is 5.49. The van der Waals surface area contributed by atoms with Crippen molar-refractivity contribution in [3.05, 3.63) is 65.0 Å². The quantitative estimate of drug-likeness (QED) is 0.851. The van der Waals surface area contributed by atoms with E-state index in [1.54, 1.807) is 0 Å². The third kappa shape index (κ3) is 4.26. The molecule has 3 rings (SSSR count). The van der Waals surface area contributed by atoms with Crippen LogP contribution in [0.25, 0.3) is 0 Å². The molecule has 25 heavy (non-hydrogen) atoms. The molecule has 1 aromatic carbocycles. The number of benzene rings is 1. The van der Waals surface area contributed by atoms with Crippen LogP contribution in [-0.4, -0.2) is 41.3 Å². The zero-order chi connectivity index (χ0) is 17.8. The standard InChI is InChI=1S/C21H27N3O/c1-16-7-6-8-19(22-16)21(25)24-14-5-4-9-20(24)18-12-10-17(11-13-18)15-23(2)3/h6-8,10-13,20H,4-5,9,14-15H2,1-3H3/t20-/m0/s1. The molecule has 1 aliphatic rings. The van der Waals surface area contributed by atoms with Crippen molar-refractivity contribution in [1.29, 1.82) is 0 Å². The number of hydrogen-bond acceptors (Lipinski definition) is 3. The first-order valence-electron chi connectivity index (χ1n) is 9.03. The van der Waals surface area contributed by atoms with E-state index in [1.165, 1.54) is 11.1 Å². The van der Waals surface area contributed by atoms with Gasteiger partial charge < -0.3 is 9.80 Å². The lowest BCUT2D eigenvalue weighted by Gasteiger charge is -2.36. The molecule has 1 aromatic heterocycles. The second-order valence-electron chi connectivity index (χ2n) is 7.15. The number of piperidine rings is 1. The van der Waals surface area contributed by atoms with Crippen molar-refractivity contribution in [2.45, 2.75) is 38.8 Å². The fraction of sp³-hybridized carbons (Fsp3) is 0.429. The monoisotopic (exact) mass is 337 g/mol. The molecule has 0 saturated carbocycles. The molecule has 1 amide bonds. The normalized spacial score (nSPS) is 17.8. The highest BCUT2D eigenvalue weighted by Crippen LogP contribution is 2.32. The van der Waals surface area contributed by atoms with Gasteiger partial charge in [-0.05, 0) is 63.5 Å². The Morgan fingerprint density at radius 2 is 1.92 bits per heavy atom. The molecule has 4 nitrogen and oxygen atoms in total. The van der Waals surface area contributed by atoms with Crippen molar-refractivity contribution >= 4 is 5.91 Å². The van der Waals surface area contributed by atoms with Gasteiger partial charge in [0.15, 0.2) is 0 Å². The van der Waals surface area contributed by atoms with E-state index in [0.29, 0.717) is 5.69 Å². The molecule has 0 N–H and O–H groups in total. The predicted octanol–water partition coefficient (Wildman–Crippen LogP) is 3.82. The van der Waals surface area contributed by atoms with Crippen LogP contribution in [0.2, 0.25) is 0 Å². The van der Waals surface area contributed by atoms with Gasteiger partial charge in [-0.3, -0.25) is 4.79 Å². The Hall–Kier alpha value is -2.20. The number of hydrogen-bond donors (Lipinski definition) is 0. The Morgan fingerprint density at radius 3 is 2.60 bits per heavy atom. The van der Waals surface area contributed by atoms with Crippen molar-refractivity contribution < 1.29 is 4.79 Å². The van der Waals surface area contributed by atoms with Crippen LogP contribution in [0.5, 0.6) is 0 Å². The molecule has 132 valence electrons. The molecule has 0 spiro atoms. The molecule has 1 atom stereocenters. The van der Waals surface area contributed by atoms with E-state index in [2.05, 4.69) is 48.2 Å². The SMILES string of the molecule is Cc1cccc(C(=O)N2CCCC[C@H]2c2ccc(CN(C)C)cc2)n1. The lowest BCUT2D eigenvalue weighted by atomic mass is 9.94. The summed E-state index contributed by atoms with van der Waals surface area (Å²) in [6, 6.07) is 14.5. The fourth-order valence-electron chi connectivity index (χ4n) is 3.54. The van der Waals surface area contributed by atoms with Crippen LogP contribution < -0.4 is 0 Å². The van der Waals surface area contributed by atoms with Crippen LogP contribution in [0.15, 0.2) is 42.5 Å². The lowest BCUT2D eigenvalue weighted by Crippen LogP contribution is -2.39. The van der Waals surface area contributed by atoms with Gasteiger partial charge in [-0.25, -0.2) is 4.98 Å². The average Bonchev–Trinajstić information content (AvgIpc) is 2.61. The van der Waals surface area contributed by atoms with Gasteiger partial charge >= 0.3 is 0 Å². The smallest absolute Gasteiger partial charge is 0.272 e. The first-order chi connectivity index (χ1) is 12.0. The van der Waals surface area contributed by atoms with Crippen molar-refractivity contribution in [2.24, 2.45) is 0 Å². The number of aromatic nitrogens is 1. The second kappa shape index (κ2) is 7.79. The van der Waals surface area contributed by atoms with Gasteiger partial charge in [0.05, 0.1) is 6.04 Å². The molecule has 0 unspecified atom stereocenters. The van der Waals surface area contributed by atoms with E-state index in [4.69, 9.17) is 0 Å². The number of rotatable bonds is 4. The van der Waals surface area contributed by atoms with E-state index in [-0.39, 0.29) is 11.9 Å². The van der Waals surface area contributed by atoms with Crippen molar-refractivity contribution in [3.63, 3.8) is 0 Å². The highest BCUT2D eigenvalue weighted by molar-refractivity contribution is 5.92. The highest BCUT2D eigenvalue weighted by Gasteiger charge is 2.29. The van der Waals surface area contributed by atoms with Crippen LogP contribution in [0, 0.1) is 6.92 Å². The van der Waals surface area contributed by atoms with Gasteiger partial charge in [-0.2, -0.15) is 0 Å². The van der Waals surface area contributed by atoms with E-state index in [0.717, 1.165) is 38.0 Å². The van der Waals surface area contributed by atoms with Gasteiger partial charge in [0, 0.05) is 18.8 Å². The average molecular weight is 337 g/mol. The van der Waals surface area contributed by atoms with Crippen LogP contribution in [0.4, 0.5) is 0 Å². The summed E-state index contributed by atoms with van der Waals surface area (Å²) < 4.78 is 0. The maximum Gasteiger partial charge on any atom is 0.272 e. The van der Waals surface area contributed by atoms with E-state index >= 15 is 0 Å². The molecule has 0 radical (unpaired) electrons. The number of carbonyl (C=O) groups is 1. The summed E-state index contributed by atoms with van der Waals surface area (Å²) in [4.78, 5) is 21.6. The summed E-state index contributed by atoms with van der Waals surface area (Å²) in [5, 5.41) is 0. The molecule has 4 heteroatoms. The van der Waals surface area contributed by atoms with Crippen LogP contribution in [0.3, 0.4) is 0 Å². The third-order valence-electron chi connectivity index (χ3n) is 4.73. The molecule has 2 aromatic rings. The molecular weight excluding hydrogens is 310 g/mol. The van der Waals surface area contributed by atoms with Gasteiger partial charge in [0.1, 0.15) is 5.69 Å². The minimum absolute atomic E-state index is 0.0470. The first kappa shape index (κ1) is 17.6. The zero-order valence-electron chi connectivity index (χ0n) is 15.4. The Bertz CT molecular complexity index is 724. The fourth-order valence-corrected chi connectivity index (χ4v) is 3.54. The number of pyridine rings is 1. The van der Waals surface area contributed by atoms with Crippen molar-refractivity contribution in [3.8, 4) is 0 Å². The third-order valence-corrected chi connectivity index (χ3v) is 4.73. The first-order valence-corrected chi connectivity index (χ1v) is 9.03. The summed E-state index contributed by atoms with van der Waals surface area (Å²) in [5.74, 6) is 0.0470. The van der Waals surface area contributed by atoms with Crippen LogP contribution in [0.1, 0.15) is 52.6 Å². The summed E-state index contributed by atoms with van der Waals surface area (Å²) in [6.07, 6.45) is 3.24. The molecular formula is C21H27N3O. The van der Waals surface area contributed by atoms with Crippen molar-refractivity contribution in [1.82, 2.24) is 14.8 Å². The number of aryl methyl sites for hydroxylation is 1. The summed E-state index contributed by atoms with van der Waals surface area (Å²) in [6.45, 7) is 3.66. The summed E-state index contributed by atoms with van der Waals surface area (Å²) in [7, 11) is 4.15. The largest absolute Gasteiger partial charge is 0.330 e. The van der Waals surface area contributed by atoms with Gasteiger partial charge in [-0.1, -0.05) is 30.3 Å². The van der Waals surface area contributed by atoms with E-state index in [1.807, 2.05) is 30.0 Å².